The van der Waals surface area contributed by atoms with Gasteiger partial charge >= 0.3 is 10.4 Å². The molecule has 0 bridgehead atoms. The molecule has 41 heavy (non-hydrogen) atoms. The molecule has 0 amide bonds. The van der Waals surface area contributed by atoms with Crippen molar-refractivity contribution in [2.75, 3.05) is 13.2 Å². The molecule has 0 N–H and O–H groups in total. The standard InChI is InChI=1S/C34H70O4S.2Na/c1-3-5-7-9-11-13-15-17-19-20-22-24-26-28-30-32-34-38-39(35,36)37-33-31-29-27-25-23-21-18-16-14-12-10-8-6-4-2;;/h3-34H2,1-2H3;;. The predicted molar refractivity (Wildman–Crippen MR) is 182 cm³/mol. The van der Waals surface area contributed by atoms with Crippen LogP contribution in [-0.4, -0.2) is 80.7 Å². The molecule has 0 heterocycles. The summed E-state index contributed by atoms with van der Waals surface area (Å²) in [5.74, 6) is 0. The Labute approximate surface area is 303 Å². The fourth-order valence-electron chi connectivity index (χ4n) is 5.30. The van der Waals surface area contributed by atoms with E-state index < -0.39 is 10.4 Å². The van der Waals surface area contributed by atoms with Crippen molar-refractivity contribution in [1.29, 1.82) is 0 Å². The second-order valence-electron chi connectivity index (χ2n) is 12.0. The second-order valence-corrected chi connectivity index (χ2v) is 13.2. The second kappa shape index (κ2) is 39.9. The molecule has 0 fully saturated rings. The molecule has 0 aromatic heterocycles. The molecule has 0 aliphatic rings. The minimum Gasteiger partial charge on any atom is -0.248 e. The number of unbranched alkanes of at least 4 members (excludes halogenated alkanes) is 28. The summed E-state index contributed by atoms with van der Waals surface area (Å²) < 4.78 is 33.8. The Kier molecular flexibility index (Phi) is 46.0. The molecule has 4 nitrogen and oxygen atoms in total. The van der Waals surface area contributed by atoms with E-state index in [9.17, 15) is 8.42 Å². The van der Waals surface area contributed by atoms with Gasteiger partial charge in [0.05, 0.1) is 13.2 Å². The Hall–Kier alpha value is 1.87. The van der Waals surface area contributed by atoms with Crippen molar-refractivity contribution in [3.63, 3.8) is 0 Å². The molecule has 0 saturated carbocycles. The van der Waals surface area contributed by atoms with E-state index in [1.807, 2.05) is 0 Å². The van der Waals surface area contributed by atoms with Gasteiger partial charge in [0.2, 0.25) is 0 Å². The molecule has 0 saturated heterocycles. The minimum atomic E-state index is -3.82. The molecule has 0 spiro atoms. The van der Waals surface area contributed by atoms with Gasteiger partial charge in [0.1, 0.15) is 0 Å². The van der Waals surface area contributed by atoms with Gasteiger partial charge in [0.25, 0.3) is 0 Å². The van der Waals surface area contributed by atoms with Crippen LogP contribution in [0.25, 0.3) is 0 Å². The Morgan fingerprint density at radius 3 is 0.683 bits per heavy atom. The summed E-state index contributed by atoms with van der Waals surface area (Å²) in [6.07, 6.45) is 38.9. The van der Waals surface area contributed by atoms with Crippen LogP contribution in [0.2, 0.25) is 0 Å². The van der Waals surface area contributed by atoms with Gasteiger partial charge in [-0.15, -0.1) is 0 Å². The van der Waals surface area contributed by atoms with Gasteiger partial charge in [-0.05, 0) is 12.8 Å². The van der Waals surface area contributed by atoms with Gasteiger partial charge in [0, 0.05) is 59.1 Å². The number of rotatable bonds is 34. The van der Waals surface area contributed by atoms with Crippen molar-refractivity contribution in [2.24, 2.45) is 0 Å². The first-order valence-corrected chi connectivity index (χ1v) is 19.0. The van der Waals surface area contributed by atoms with E-state index >= 15 is 0 Å². The Morgan fingerprint density at radius 2 is 0.488 bits per heavy atom. The van der Waals surface area contributed by atoms with Crippen LogP contribution in [0.3, 0.4) is 0 Å². The summed E-state index contributed by atoms with van der Waals surface area (Å²) in [4.78, 5) is 0. The summed E-state index contributed by atoms with van der Waals surface area (Å²) >= 11 is 0. The van der Waals surface area contributed by atoms with Crippen LogP contribution in [-0.2, 0) is 18.8 Å². The maximum Gasteiger partial charge on any atom is 0.399 e. The van der Waals surface area contributed by atoms with E-state index in [-0.39, 0.29) is 72.3 Å². The van der Waals surface area contributed by atoms with Crippen LogP contribution in [0.4, 0.5) is 0 Å². The van der Waals surface area contributed by atoms with Crippen molar-refractivity contribution in [3.05, 3.63) is 0 Å². The van der Waals surface area contributed by atoms with Crippen molar-refractivity contribution < 1.29 is 16.8 Å². The Bertz CT molecular complexity index is 561. The Morgan fingerprint density at radius 1 is 0.317 bits per heavy atom. The van der Waals surface area contributed by atoms with Crippen LogP contribution in [0.1, 0.15) is 206 Å². The molecule has 0 aromatic carbocycles. The zero-order chi connectivity index (χ0) is 28.5. The molecule has 0 aliphatic carbocycles. The number of hydrogen-bond acceptors (Lipinski definition) is 4. The average Bonchev–Trinajstić information content (AvgIpc) is 2.92. The van der Waals surface area contributed by atoms with Crippen molar-refractivity contribution >= 4 is 69.5 Å². The third-order valence-corrected chi connectivity index (χ3v) is 8.86. The van der Waals surface area contributed by atoms with Crippen molar-refractivity contribution in [3.8, 4) is 0 Å². The number of hydrogen-bond donors (Lipinski definition) is 0. The summed E-state index contributed by atoms with van der Waals surface area (Å²) in [5.41, 5.74) is 0. The van der Waals surface area contributed by atoms with Crippen LogP contribution in [0, 0.1) is 0 Å². The fourth-order valence-corrected chi connectivity index (χ4v) is 6.01. The first kappa shape index (κ1) is 47.3. The predicted octanol–water partition coefficient (Wildman–Crippen LogP) is 11.2. The fraction of sp³-hybridized carbons (Fsp3) is 1.00. The van der Waals surface area contributed by atoms with Crippen LogP contribution in [0.5, 0.6) is 0 Å². The van der Waals surface area contributed by atoms with E-state index in [0.717, 1.165) is 25.7 Å². The minimum absolute atomic E-state index is 0. The first-order valence-electron chi connectivity index (χ1n) is 17.7. The molecule has 238 valence electrons. The van der Waals surface area contributed by atoms with Crippen molar-refractivity contribution in [2.45, 2.75) is 206 Å². The maximum absolute atomic E-state index is 11.9. The maximum atomic E-state index is 11.9. The third kappa shape index (κ3) is 41.9. The van der Waals surface area contributed by atoms with Crippen molar-refractivity contribution in [1.82, 2.24) is 0 Å². The van der Waals surface area contributed by atoms with Gasteiger partial charge in [-0.1, -0.05) is 194 Å². The van der Waals surface area contributed by atoms with E-state index in [4.69, 9.17) is 8.37 Å². The molecule has 0 aliphatic heterocycles. The van der Waals surface area contributed by atoms with Gasteiger partial charge in [-0.3, -0.25) is 0 Å². The normalized spacial score (nSPS) is 11.4. The van der Waals surface area contributed by atoms with Gasteiger partial charge in [-0.2, -0.15) is 8.42 Å². The SMILES string of the molecule is CCCCCCCCCCCCCCCCCCOS(=O)(=O)OCCCCCCCCCCCCCCCC.[Na].[Na]. The van der Waals surface area contributed by atoms with Gasteiger partial charge < -0.3 is 0 Å². The van der Waals surface area contributed by atoms with Gasteiger partial charge in [-0.25, -0.2) is 8.37 Å². The van der Waals surface area contributed by atoms with E-state index in [0.29, 0.717) is 0 Å². The van der Waals surface area contributed by atoms with Gasteiger partial charge in [0.15, 0.2) is 0 Å². The van der Waals surface area contributed by atoms with Crippen LogP contribution in [0.15, 0.2) is 0 Å². The average molecular weight is 621 g/mol. The Balaban J connectivity index is -0.00000722. The van der Waals surface area contributed by atoms with Crippen LogP contribution >= 0.6 is 0 Å². The molecular formula is C34H70Na2O4S. The summed E-state index contributed by atoms with van der Waals surface area (Å²) in [6, 6.07) is 0. The van der Waals surface area contributed by atoms with Crippen LogP contribution < -0.4 is 0 Å². The smallest absolute Gasteiger partial charge is 0.248 e. The summed E-state index contributed by atoms with van der Waals surface area (Å²) in [6.45, 7) is 5.05. The zero-order valence-electron chi connectivity index (χ0n) is 28.7. The topological polar surface area (TPSA) is 52.6 Å². The molecule has 7 heteroatoms. The first-order chi connectivity index (χ1) is 19.1. The van der Waals surface area contributed by atoms with E-state index in [1.54, 1.807) is 0 Å². The van der Waals surface area contributed by atoms with E-state index in [2.05, 4.69) is 13.8 Å². The zero-order valence-corrected chi connectivity index (χ0v) is 33.5. The molecular weight excluding hydrogens is 550 g/mol. The monoisotopic (exact) mass is 620 g/mol. The molecule has 0 atom stereocenters. The largest absolute Gasteiger partial charge is 0.399 e. The molecule has 2 radical (unpaired) electrons. The summed E-state index contributed by atoms with van der Waals surface area (Å²) in [7, 11) is -3.82. The third-order valence-electron chi connectivity index (χ3n) is 7.95. The summed E-state index contributed by atoms with van der Waals surface area (Å²) in [5, 5.41) is 0. The van der Waals surface area contributed by atoms with E-state index in [1.165, 1.54) is 167 Å². The quantitative estimate of drug-likeness (QED) is 0.0530. The molecule has 0 rings (SSSR count). The molecule has 0 unspecified atom stereocenters. The molecule has 0 aromatic rings.